The molecule has 0 heterocycles. The molecule has 0 bridgehead atoms. The number of carbonyl (C=O) groups is 1. The van der Waals surface area contributed by atoms with Gasteiger partial charge in [-0.05, 0) is 30.7 Å². The second-order valence-corrected chi connectivity index (χ2v) is 2.99. The Bertz CT molecular complexity index is 349. The first-order valence-electron chi connectivity index (χ1n) is 4.32. The fourth-order valence-corrected chi connectivity index (χ4v) is 1.13. The Balaban J connectivity index is 2.74. The van der Waals surface area contributed by atoms with Crippen molar-refractivity contribution in [2.75, 3.05) is 0 Å². The van der Waals surface area contributed by atoms with E-state index in [1.807, 2.05) is 0 Å². The summed E-state index contributed by atoms with van der Waals surface area (Å²) in [5.41, 5.74) is 0.736. The summed E-state index contributed by atoms with van der Waals surface area (Å²) in [6.07, 6.45) is 1.19. The van der Waals surface area contributed by atoms with Gasteiger partial charge in [-0.25, -0.2) is 4.39 Å². The Morgan fingerprint density at radius 2 is 2.36 bits per heavy atom. The minimum atomic E-state index is -0.304. The van der Waals surface area contributed by atoms with Crippen molar-refractivity contribution in [3.05, 3.63) is 48.3 Å². The molecule has 0 fully saturated rings. The predicted molar refractivity (Wildman–Crippen MR) is 53.2 cm³/mol. The van der Waals surface area contributed by atoms with E-state index in [1.165, 1.54) is 18.2 Å². The maximum Gasteiger partial charge on any atom is 0.243 e. The topological polar surface area (TPSA) is 29.1 Å². The van der Waals surface area contributed by atoms with Crippen molar-refractivity contribution < 1.29 is 9.18 Å². The van der Waals surface area contributed by atoms with E-state index in [4.69, 9.17) is 0 Å². The van der Waals surface area contributed by atoms with Gasteiger partial charge in [0.1, 0.15) is 5.82 Å². The van der Waals surface area contributed by atoms with Crippen LogP contribution in [0.15, 0.2) is 36.9 Å². The molecule has 0 radical (unpaired) electrons. The van der Waals surface area contributed by atoms with E-state index >= 15 is 0 Å². The molecule has 0 unspecified atom stereocenters. The lowest BCUT2D eigenvalue weighted by Crippen LogP contribution is -2.24. The van der Waals surface area contributed by atoms with Gasteiger partial charge in [0.05, 0.1) is 6.04 Å². The van der Waals surface area contributed by atoms with Crippen LogP contribution >= 0.6 is 0 Å². The molecule has 2 nitrogen and oxygen atoms in total. The molecule has 74 valence electrons. The van der Waals surface area contributed by atoms with Crippen molar-refractivity contribution in [3.63, 3.8) is 0 Å². The summed E-state index contributed by atoms with van der Waals surface area (Å²) in [7, 11) is 0. The summed E-state index contributed by atoms with van der Waals surface area (Å²) >= 11 is 0. The molecule has 0 saturated carbocycles. The fraction of sp³-hybridized carbons (Fsp3) is 0.182. The number of benzene rings is 1. The Kier molecular flexibility index (Phi) is 3.40. The second-order valence-electron chi connectivity index (χ2n) is 2.99. The van der Waals surface area contributed by atoms with E-state index in [1.54, 1.807) is 19.1 Å². The zero-order chi connectivity index (χ0) is 10.6. The molecule has 0 aliphatic heterocycles. The highest BCUT2D eigenvalue weighted by atomic mass is 19.1. The normalized spacial score (nSPS) is 11.9. The molecular weight excluding hydrogens is 181 g/mol. The van der Waals surface area contributed by atoms with Crippen LogP contribution in [0.4, 0.5) is 4.39 Å². The zero-order valence-corrected chi connectivity index (χ0v) is 7.96. The zero-order valence-electron chi connectivity index (χ0n) is 7.96. The van der Waals surface area contributed by atoms with Crippen molar-refractivity contribution in [1.82, 2.24) is 5.32 Å². The Morgan fingerprint density at radius 1 is 1.64 bits per heavy atom. The maximum absolute atomic E-state index is 12.8. The number of carbonyl (C=O) groups excluding carboxylic acids is 1. The van der Waals surface area contributed by atoms with E-state index in [0.717, 1.165) is 5.56 Å². The standard InChI is InChI=1S/C11H12FNO/c1-3-11(14)13-8(2)9-5-4-6-10(12)7-9/h3-8H,1H2,2H3,(H,13,14)/t8-/m1/s1. The molecule has 1 amide bonds. The lowest BCUT2D eigenvalue weighted by atomic mass is 10.1. The third-order valence-corrected chi connectivity index (χ3v) is 1.89. The van der Waals surface area contributed by atoms with Gasteiger partial charge in [-0.1, -0.05) is 18.7 Å². The molecule has 0 aliphatic rings. The molecule has 3 heteroatoms. The molecule has 14 heavy (non-hydrogen) atoms. The van der Waals surface area contributed by atoms with Crippen LogP contribution in [0.3, 0.4) is 0 Å². The SMILES string of the molecule is C=CC(=O)N[C@H](C)c1cccc(F)c1. The van der Waals surface area contributed by atoms with Gasteiger partial charge in [-0.2, -0.15) is 0 Å². The van der Waals surface area contributed by atoms with Crippen molar-refractivity contribution in [2.45, 2.75) is 13.0 Å². The van der Waals surface area contributed by atoms with E-state index in [9.17, 15) is 9.18 Å². The number of hydrogen-bond donors (Lipinski definition) is 1. The van der Waals surface area contributed by atoms with E-state index in [0.29, 0.717) is 0 Å². The monoisotopic (exact) mass is 193 g/mol. The van der Waals surface area contributed by atoms with Crippen molar-refractivity contribution in [1.29, 1.82) is 0 Å². The number of hydrogen-bond acceptors (Lipinski definition) is 1. The first kappa shape index (κ1) is 10.4. The Labute approximate surface area is 82.4 Å². The first-order chi connectivity index (χ1) is 6.63. The highest BCUT2D eigenvalue weighted by molar-refractivity contribution is 5.87. The van der Waals surface area contributed by atoms with Crippen molar-refractivity contribution >= 4 is 5.91 Å². The largest absolute Gasteiger partial charge is 0.346 e. The van der Waals surface area contributed by atoms with Crippen LogP contribution in [-0.4, -0.2) is 5.91 Å². The quantitative estimate of drug-likeness (QED) is 0.732. The van der Waals surface area contributed by atoms with Gasteiger partial charge < -0.3 is 5.32 Å². The molecule has 1 rings (SSSR count). The van der Waals surface area contributed by atoms with Gasteiger partial charge in [-0.15, -0.1) is 0 Å². The summed E-state index contributed by atoms with van der Waals surface area (Å²) in [6.45, 7) is 5.13. The smallest absolute Gasteiger partial charge is 0.243 e. The molecule has 1 atom stereocenters. The highest BCUT2D eigenvalue weighted by Gasteiger charge is 2.07. The van der Waals surface area contributed by atoms with Crippen LogP contribution in [-0.2, 0) is 4.79 Å². The van der Waals surface area contributed by atoms with Crippen LogP contribution < -0.4 is 5.32 Å². The first-order valence-corrected chi connectivity index (χ1v) is 4.32. The summed E-state index contributed by atoms with van der Waals surface area (Å²) in [5.74, 6) is -0.566. The molecule has 0 aromatic heterocycles. The molecule has 1 aromatic rings. The van der Waals surface area contributed by atoms with Crippen LogP contribution in [0.25, 0.3) is 0 Å². The molecular formula is C11H12FNO. The van der Waals surface area contributed by atoms with E-state index in [2.05, 4.69) is 11.9 Å². The van der Waals surface area contributed by atoms with Crippen molar-refractivity contribution in [3.8, 4) is 0 Å². The van der Waals surface area contributed by atoms with Gasteiger partial charge in [0.15, 0.2) is 0 Å². The fourth-order valence-electron chi connectivity index (χ4n) is 1.13. The van der Waals surface area contributed by atoms with E-state index in [-0.39, 0.29) is 17.8 Å². The van der Waals surface area contributed by atoms with Gasteiger partial charge >= 0.3 is 0 Å². The van der Waals surface area contributed by atoms with Crippen LogP contribution in [0.5, 0.6) is 0 Å². The minimum absolute atomic E-state index is 0.212. The molecule has 0 saturated heterocycles. The highest BCUT2D eigenvalue weighted by Crippen LogP contribution is 2.12. The average Bonchev–Trinajstić information content (AvgIpc) is 2.17. The second kappa shape index (κ2) is 4.56. The van der Waals surface area contributed by atoms with Gasteiger partial charge in [0, 0.05) is 0 Å². The predicted octanol–water partition coefficient (Wildman–Crippen LogP) is 2.19. The summed E-state index contributed by atoms with van der Waals surface area (Å²) in [4.78, 5) is 11.0. The van der Waals surface area contributed by atoms with Gasteiger partial charge in [0.25, 0.3) is 0 Å². The third kappa shape index (κ3) is 2.69. The number of amides is 1. The van der Waals surface area contributed by atoms with Crippen LogP contribution in [0, 0.1) is 5.82 Å². The summed E-state index contributed by atoms with van der Waals surface area (Å²) in [5, 5.41) is 2.65. The Hall–Kier alpha value is -1.64. The van der Waals surface area contributed by atoms with E-state index < -0.39 is 0 Å². The molecule has 0 spiro atoms. The summed E-state index contributed by atoms with van der Waals surface area (Å²) in [6, 6.07) is 5.92. The lowest BCUT2D eigenvalue weighted by molar-refractivity contribution is -0.117. The molecule has 0 aliphatic carbocycles. The number of halogens is 1. The summed E-state index contributed by atoms with van der Waals surface area (Å²) < 4.78 is 12.8. The van der Waals surface area contributed by atoms with Gasteiger partial charge in [0.2, 0.25) is 5.91 Å². The minimum Gasteiger partial charge on any atom is -0.346 e. The molecule has 1 N–H and O–H groups in total. The van der Waals surface area contributed by atoms with Crippen LogP contribution in [0.2, 0.25) is 0 Å². The van der Waals surface area contributed by atoms with Crippen molar-refractivity contribution in [2.24, 2.45) is 0 Å². The van der Waals surface area contributed by atoms with Gasteiger partial charge in [-0.3, -0.25) is 4.79 Å². The Morgan fingerprint density at radius 3 is 2.93 bits per heavy atom. The average molecular weight is 193 g/mol. The third-order valence-electron chi connectivity index (χ3n) is 1.89. The number of nitrogens with one attached hydrogen (secondary N) is 1. The number of rotatable bonds is 3. The lowest BCUT2D eigenvalue weighted by Gasteiger charge is -2.12. The molecule has 1 aromatic carbocycles. The van der Waals surface area contributed by atoms with Crippen LogP contribution in [0.1, 0.15) is 18.5 Å². The maximum atomic E-state index is 12.8.